The van der Waals surface area contributed by atoms with E-state index in [4.69, 9.17) is 0 Å². The van der Waals surface area contributed by atoms with Gasteiger partial charge in [0.25, 0.3) is 0 Å². The van der Waals surface area contributed by atoms with Crippen molar-refractivity contribution in [1.29, 1.82) is 0 Å². The third-order valence-corrected chi connectivity index (χ3v) is 1.93. The molecule has 0 N–H and O–H groups in total. The standard InChI is InChI=1S/C9H12N2O/c1-7-8(6-10-2)4-5-9(12)11(7)3/h4-6H,1-3H3. The Hall–Kier alpha value is -1.38. The van der Waals surface area contributed by atoms with Gasteiger partial charge in [0.1, 0.15) is 0 Å². The second-order valence-electron chi connectivity index (χ2n) is 2.66. The van der Waals surface area contributed by atoms with Gasteiger partial charge in [-0.05, 0) is 13.0 Å². The molecule has 0 saturated heterocycles. The molecule has 0 spiro atoms. The molecule has 1 aromatic heterocycles. The molecule has 0 aliphatic rings. The Labute approximate surface area is 71.4 Å². The van der Waals surface area contributed by atoms with Crippen LogP contribution in [0.2, 0.25) is 0 Å². The van der Waals surface area contributed by atoms with E-state index in [1.165, 1.54) is 0 Å². The van der Waals surface area contributed by atoms with E-state index in [-0.39, 0.29) is 5.56 Å². The third kappa shape index (κ3) is 1.44. The van der Waals surface area contributed by atoms with E-state index in [1.807, 2.05) is 6.92 Å². The van der Waals surface area contributed by atoms with Crippen molar-refractivity contribution < 1.29 is 0 Å². The van der Waals surface area contributed by atoms with Crippen molar-refractivity contribution in [3.63, 3.8) is 0 Å². The largest absolute Gasteiger partial charge is 0.315 e. The molecule has 3 nitrogen and oxygen atoms in total. The Morgan fingerprint density at radius 2 is 2.17 bits per heavy atom. The number of aromatic nitrogens is 1. The van der Waals surface area contributed by atoms with E-state index < -0.39 is 0 Å². The number of nitrogens with zero attached hydrogens (tertiary/aromatic N) is 2. The normalized spacial score (nSPS) is 10.9. The van der Waals surface area contributed by atoms with Crippen molar-refractivity contribution in [2.45, 2.75) is 6.92 Å². The van der Waals surface area contributed by atoms with Gasteiger partial charge in [-0.1, -0.05) is 0 Å². The third-order valence-electron chi connectivity index (χ3n) is 1.93. The molecule has 1 heterocycles. The quantitative estimate of drug-likeness (QED) is 0.564. The van der Waals surface area contributed by atoms with Crippen LogP contribution in [-0.2, 0) is 7.05 Å². The molecule has 12 heavy (non-hydrogen) atoms. The summed E-state index contributed by atoms with van der Waals surface area (Å²) in [5.74, 6) is 0. The predicted molar refractivity (Wildman–Crippen MR) is 49.9 cm³/mol. The van der Waals surface area contributed by atoms with Gasteiger partial charge in [0.2, 0.25) is 5.56 Å². The number of pyridine rings is 1. The molecule has 1 aromatic rings. The summed E-state index contributed by atoms with van der Waals surface area (Å²) in [7, 11) is 3.47. The topological polar surface area (TPSA) is 34.4 Å². The second kappa shape index (κ2) is 3.34. The van der Waals surface area contributed by atoms with Gasteiger partial charge in [0, 0.05) is 37.6 Å². The lowest BCUT2D eigenvalue weighted by Gasteiger charge is -2.04. The molecule has 64 valence electrons. The molecule has 0 aliphatic carbocycles. The zero-order chi connectivity index (χ0) is 9.14. The van der Waals surface area contributed by atoms with Crippen LogP contribution in [0.3, 0.4) is 0 Å². The van der Waals surface area contributed by atoms with E-state index in [2.05, 4.69) is 4.99 Å². The monoisotopic (exact) mass is 164 g/mol. The second-order valence-corrected chi connectivity index (χ2v) is 2.66. The van der Waals surface area contributed by atoms with E-state index in [1.54, 1.807) is 37.0 Å². The van der Waals surface area contributed by atoms with Crippen LogP contribution in [0.25, 0.3) is 0 Å². The minimum atomic E-state index is 0.0146. The molecule has 0 radical (unpaired) electrons. The van der Waals surface area contributed by atoms with Crippen molar-refractivity contribution in [3.8, 4) is 0 Å². The average molecular weight is 164 g/mol. The highest BCUT2D eigenvalue weighted by Crippen LogP contribution is 1.99. The lowest BCUT2D eigenvalue weighted by atomic mass is 10.2. The summed E-state index contributed by atoms with van der Waals surface area (Å²) in [6.45, 7) is 1.90. The maximum Gasteiger partial charge on any atom is 0.250 e. The van der Waals surface area contributed by atoms with Crippen LogP contribution < -0.4 is 5.56 Å². The van der Waals surface area contributed by atoms with E-state index >= 15 is 0 Å². The Kier molecular flexibility index (Phi) is 2.43. The van der Waals surface area contributed by atoms with Gasteiger partial charge in [0.15, 0.2) is 0 Å². The molecule has 0 atom stereocenters. The first-order chi connectivity index (χ1) is 5.66. The summed E-state index contributed by atoms with van der Waals surface area (Å²) >= 11 is 0. The maximum absolute atomic E-state index is 11.1. The fourth-order valence-electron chi connectivity index (χ4n) is 1.03. The molecule has 0 unspecified atom stereocenters. The van der Waals surface area contributed by atoms with Crippen molar-refractivity contribution >= 4 is 6.21 Å². The Morgan fingerprint density at radius 1 is 1.50 bits per heavy atom. The molecular weight excluding hydrogens is 152 g/mol. The number of aliphatic imine (C=N–C) groups is 1. The highest BCUT2D eigenvalue weighted by molar-refractivity contribution is 5.80. The number of rotatable bonds is 1. The summed E-state index contributed by atoms with van der Waals surface area (Å²) < 4.78 is 1.61. The Bertz CT molecular complexity index is 363. The maximum atomic E-state index is 11.1. The molecule has 0 fully saturated rings. The zero-order valence-electron chi connectivity index (χ0n) is 7.53. The van der Waals surface area contributed by atoms with Gasteiger partial charge >= 0.3 is 0 Å². The van der Waals surface area contributed by atoms with Gasteiger partial charge in [-0.3, -0.25) is 9.79 Å². The number of hydrogen-bond acceptors (Lipinski definition) is 2. The Balaban J connectivity index is 3.36. The van der Waals surface area contributed by atoms with Crippen LogP contribution in [0.5, 0.6) is 0 Å². The van der Waals surface area contributed by atoms with Crippen molar-refractivity contribution in [2.24, 2.45) is 12.0 Å². The fourth-order valence-corrected chi connectivity index (χ4v) is 1.03. The molecule has 0 bridgehead atoms. The van der Waals surface area contributed by atoms with Crippen molar-refractivity contribution in [3.05, 3.63) is 33.7 Å². The summed E-state index contributed by atoms with van der Waals surface area (Å²) in [5, 5.41) is 0. The van der Waals surface area contributed by atoms with Gasteiger partial charge in [0.05, 0.1) is 0 Å². The summed E-state index contributed by atoms with van der Waals surface area (Å²) in [5.41, 5.74) is 1.94. The van der Waals surface area contributed by atoms with Crippen LogP contribution in [0.4, 0.5) is 0 Å². The summed E-state index contributed by atoms with van der Waals surface area (Å²) in [6.07, 6.45) is 1.74. The van der Waals surface area contributed by atoms with Crippen LogP contribution >= 0.6 is 0 Å². The number of hydrogen-bond donors (Lipinski definition) is 0. The Morgan fingerprint density at radius 3 is 2.75 bits per heavy atom. The highest BCUT2D eigenvalue weighted by atomic mass is 16.1. The van der Waals surface area contributed by atoms with Crippen LogP contribution in [0.15, 0.2) is 21.9 Å². The fraction of sp³-hybridized carbons (Fsp3) is 0.333. The zero-order valence-corrected chi connectivity index (χ0v) is 7.53. The minimum Gasteiger partial charge on any atom is -0.315 e. The van der Waals surface area contributed by atoms with Crippen molar-refractivity contribution in [1.82, 2.24) is 4.57 Å². The predicted octanol–water partition coefficient (Wildman–Crippen LogP) is 0.742. The van der Waals surface area contributed by atoms with Crippen molar-refractivity contribution in [2.75, 3.05) is 7.05 Å². The van der Waals surface area contributed by atoms with E-state index in [0.717, 1.165) is 11.3 Å². The van der Waals surface area contributed by atoms with Crippen LogP contribution in [0, 0.1) is 6.92 Å². The molecule has 1 rings (SSSR count). The van der Waals surface area contributed by atoms with Gasteiger partial charge in [-0.2, -0.15) is 0 Å². The first kappa shape index (κ1) is 8.71. The smallest absolute Gasteiger partial charge is 0.250 e. The van der Waals surface area contributed by atoms with Crippen LogP contribution in [0.1, 0.15) is 11.3 Å². The SMILES string of the molecule is CN=Cc1ccc(=O)n(C)c1C. The first-order valence-electron chi connectivity index (χ1n) is 3.75. The van der Waals surface area contributed by atoms with E-state index in [9.17, 15) is 4.79 Å². The molecular formula is C9H12N2O. The molecule has 0 saturated carbocycles. The van der Waals surface area contributed by atoms with Gasteiger partial charge in [-0.15, -0.1) is 0 Å². The van der Waals surface area contributed by atoms with Gasteiger partial charge in [-0.25, -0.2) is 0 Å². The average Bonchev–Trinajstić information content (AvgIpc) is 2.07. The van der Waals surface area contributed by atoms with Gasteiger partial charge < -0.3 is 4.57 Å². The first-order valence-corrected chi connectivity index (χ1v) is 3.75. The molecule has 0 aliphatic heterocycles. The molecule has 0 amide bonds. The summed E-state index contributed by atoms with van der Waals surface area (Å²) in [4.78, 5) is 15.0. The summed E-state index contributed by atoms with van der Waals surface area (Å²) in [6, 6.07) is 3.33. The molecule has 3 heteroatoms. The van der Waals surface area contributed by atoms with Crippen LogP contribution in [-0.4, -0.2) is 17.8 Å². The molecule has 0 aromatic carbocycles. The lowest BCUT2D eigenvalue weighted by Crippen LogP contribution is -2.18. The van der Waals surface area contributed by atoms with E-state index in [0.29, 0.717) is 0 Å². The highest BCUT2D eigenvalue weighted by Gasteiger charge is 1.98. The lowest BCUT2D eigenvalue weighted by molar-refractivity contribution is 0.816. The minimum absolute atomic E-state index is 0.0146.